The summed E-state index contributed by atoms with van der Waals surface area (Å²) in [7, 11) is 0. The highest BCUT2D eigenvalue weighted by molar-refractivity contribution is 7.08. The van der Waals surface area contributed by atoms with Gasteiger partial charge in [-0.1, -0.05) is 0 Å². The van der Waals surface area contributed by atoms with Crippen LogP contribution in [0.5, 0.6) is 0 Å². The highest BCUT2D eigenvalue weighted by Gasteiger charge is 2.09. The van der Waals surface area contributed by atoms with E-state index in [0.717, 1.165) is 6.21 Å². The van der Waals surface area contributed by atoms with Gasteiger partial charge in [-0.15, -0.1) is 11.3 Å². The van der Waals surface area contributed by atoms with Crippen LogP contribution in [0.1, 0.15) is 10.4 Å². The van der Waals surface area contributed by atoms with Crippen molar-refractivity contribution < 1.29 is 9.90 Å². The van der Waals surface area contributed by atoms with Gasteiger partial charge in [-0.05, 0) is 0 Å². The SMILES string of the molecule is N=C/C=N\Nc1cscc1C(=O)O. The number of aromatic carboxylic acids is 1. The van der Waals surface area contributed by atoms with E-state index in [1.165, 1.54) is 22.9 Å². The van der Waals surface area contributed by atoms with Crippen LogP contribution >= 0.6 is 11.3 Å². The van der Waals surface area contributed by atoms with Crippen molar-refractivity contribution in [1.29, 1.82) is 5.41 Å². The van der Waals surface area contributed by atoms with Crippen molar-refractivity contribution in [2.45, 2.75) is 0 Å². The Morgan fingerprint density at radius 3 is 3.08 bits per heavy atom. The zero-order valence-electron chi connectivity index (χ0n) is 6.52. The Kier molecular flexibility index (Phi) is 3.15. The van der Waals surface area contributed by atoms with Crippen LogP contribution in [0.2, 0.25) is 0 Å². The Bertz CT molecular complexity index is 345. The van der Waals surface area contributed by atoms with E-state index in [-0.39, 0.29) is 5.56 Å². The van der Waals surface area contributed by atoms with Crippen LogP contribution < -0.4 is 5.43 Å². The van der Waals surface area contributed by atoms with Crippen molar-refractivity contribution in [3.63, 3.8) is 0 Å². The molecule has 0 aromatic carbocycles. The minimum absolute atomic E-state index is 0.187. The van der Waals surface area contributed by atoms with Crippen molar-refractivity contribution in [1.82, 2.24) is 0 Å². The second-order valence-electron chi connectivity index (χ2n) is 2.06. The molecule has 6 heteroatoms. The lowest BCUT2D eigenvalue weighted by Gasteiger charge is -1.96. The first-order chi connectivity index (χ1) is 6.25. The first-order valence-electron chi connectivity index (χ1n) is 3.33. The molecule has 0 fully saturated rings. The summed E-state index contributed by atoms with van der Waals surface area (Å²) in [4.78, 5) is 10.6. The van der Waals surface area contributed by atoms with Crippen LogP contribution in [0, 0.1) is 5.41 Å². The molecule has 5 nitrogen and oxygen atoms in total. The highest BCUT2D eigenvalue weighted by atomic mass is 32.1. The van der Waals surface area contributed by atoms with Gasteiger partial charge in [0.2, 0.25) is 0 Å². The highest BCUT2D eigenvalue weighted by Crippen LogP contribution is 2.20. The fraction of sp³-hybridized carbons (Fsp3) is 0. The predicted molar refractivity (Wildman–Crippen MR) is 52.2 cm³/mol. The summed E-state index contributed by atoms with van der Waals surface area (Å²) in [6, 6.07) is 0. The number of carboxylic acid groups (broad SMARTS) is 1. The van der Waals surface area contributed by atoms with Gasteiger partial charge in [0.25, 0.3) is 0 Å². The van der Waals surface area contributed by atoms with Crippen molar-refractivity contribution in [2.75, 3.05) is 5.43 Å². The molecule has 0 unspecified atom stereocenters. The molecule has 68 valence electrons. The van der Waals surface area contributed by atoms with Gasteiger partial charge in [0, 0.05) is 17.0 Å². The average Bonchev–Trinajstić information content (AvgIpc) is 2.53. The van der Waals surface area contributed by atoms with E-state index in [2.05, 4.69) is 10.5 Å². The second-order valence-corrected chi connectivity index (χ2v) is 2.80. The Morgan fingerprint density at radius 1 is 1.69 bits per heavy atom. The third-order valence-corrected chi connectivity index (χ3v) is 1.97. The van der Waals surface area contributed by atoms with E-state index in [9.17, 15) is 4.79 Å². The standard InChI is InChI=1S/C7H7N3O2S/c8-1-2-9-10-6-4-13-3-5(6)7(11)12/h1-4,8,10H,(H,11,12)/b8-1?,9-2-. The molecule has 0 aliphatic rings. The molecule has 0 amide bonds. The maximum absolute atomic E-state index is 10.6. The van der Waals surface area contributed by atoms with E-state index in [4.69, 9.17) is 10.5 Å². The molecule has 0 spiro atoms. The third kappa shape index (κ3) is 2.38. The van der Waals surface area contributed by atoms with Crippen molar-refractivity contribution in [3.8, 4) is 0 Å². The quantitative estimate of drug-likeness (QED) is 0.505. The Balaban J connectivity index is 2.76. The van der Waals surface area contributed by atoms with E-state index >= 15 is 0 Å². The predicted octanol–water partition coefficient (Wildman–Crippen LogP) is 1.49. The van der Waals surface area contributed by atoms with Gasteiger partial charge in [-0.25, -0.2) is 4.79 Å². The molecule has 1 rings (SSSR count). The van der Waals surface area contributed by atoms with Crippen molar-refractivity contribution in [3.05, 3.63) is 16.3 Å². The first kappa shape index (κ1) is 9.40. The van der Waals surface area contributed by atoms with Crippen molar-refractivity contribution >= 4 is 35.4 Å². The van der Waals surface area contributed by atoms with Crippen LogP contribution in [-0.2, 0) is 0 Å². The van der Waals surface area contributed by atoms with Crippen LogP contribution in [0.15, 0.2) is 15.9 Å². The summed E-state index contributed by atoms with van der Waals surface area (Å²) in [6.07, 6.45) is 2.23. The molecule has 0 saturated heterocycles. The number of nitrogens with zero attached hydrogens (tertiary/aromatic N) is 1. The number of hydrogen-bond acceptors (Lipinski definition) is 5. The number of thiophene rings is 1. The van der Waals surface area contributed by atoms with Crippen LogP contribution in [-0.4, -0.2) is 23.5 Å². The number of anilines is 1. The average molecular weight is 197 g/mol. The van der Waals surface area contributed by atoms with Gasteiger partial charge in [0.05, 0.1) is 17.5 Å². The Hall–Kier alpha value is -1.69. The molecule has 0 aliphatic heterocycles. The van der Waals surface area contributed by atoms with E-state index in [0.29, 0.717) is 5.69 Å². The first-order valence-corrected chi connectivity index (χ1v) is 4.27. The molecular formula is C7H7N3O2S. The number of rotatable bonds is 4. The largest absolute Gasteiger partial charge is 0.478 e. The normalized spacial score (nSPS) is 10.2. The molecule has 1 heterocycles. The zero-order valence-corrected chi connectivity index (χ0v) is 7.34. The molecular weight excluding hydrogens is 190 g/mol. The topological polar surface area (TPSA) is 85.5 Å². The molecule has 0 saturated carbocycles. The lowest BCUT2D eigenvalue weighted by Crippen LogP contribution is -1.98. The Morgan fingerprint density at radius 2 is 2.46 bits per heavy atom. The summed E-state index contributed by atoms with van der Waals surface area (Å²) >= 11 is 1.28. The van der Waals surface area contributed by atoms with Gasteiger partial charge in [0.1, 0.15) is 0 Å². The minimum atomic E-state index is -0.992. The molecule has 0 radical (unpaired) electrons. The van der Waals surface area contributed by atoms with Gasteiger partial charge in [0.15, 0.2) is 0 Å². The smallest absolute Gasteiger partial charge is 0.338 e. The molecule has 13 heavy (non-hydrogen) atoms. The molecule has 1 aromatic heterocycles. The summed E-state index contributed by atoms with van der Waals surface area (Å²) < 4.78 is 0. The molecule has 3 N–H and O–H groups in total. The summed E-state index contributed by atoms with van der Waals surface area (Å²) in [6.45, 7) is 0. The third-order valence-electron chi connectivity index (χ3n) is 1.23. The number of carboxylic acids is 1. The summed E-state index contributed by atoms with van der Waals surface area (Å²) in [5.41, 5.74) is 3.15. The number of nitrogens with one attached hydrogen (secondary N) is 2. The van der Waals surface area contributed by atoms with Crippen LogP contribution in [0.25, 0.3) is 0 Å². The zero-order chi connectivity index (χ0) is 9.68. The van der Waals surface area contributed by atoms with Gasteiger partial charge in [-0.2, -0.15) is 5.10 Å². The molecule has 1 aromatic rings. The Labute approximate surface area is 78.2 Å². The molecule has 0 bridgehead atoms. The molecule has 0 aliphatic carbocycles. The van der Waals surface area contributed by atoms with E-state index in [1.54, 1.807) is 5.38 Å². The van der Waals surface area contributed by atoms with E-state index in [1.807, 2.05) is 0 Å². The maximum atomic E-state index is 10.6. The van der Waals surface area contributed by atoms with Crippen LogP contribution in [0.4, 0.5) is 5.69 Å². The van der Waals surface area contributed by atoms with Gasteiger partial charge in [-0.3, -0.25) is 5.43 Å². The summed E-state index contributed by atoms with van der Waals surface area (Å²) in [5, 5.41) is 22.1. The van der Waals surface area contributed by atoms with Crippen molar-refractivity contribution in [2.24, 2.45) is 5.10 Å². The maximum Gasteiger partial charge on any atom is 0.338 e. The number of hydrazone groups is 1. The fourth-order valence-corrected chi connectivity index (χ4v) is 1.44. The van der Waals surface area contributed by atoms with Gasteiger partial charge < -0.3 is 10.5 Å². The van der Waals surface area contributed by atoms with E-state index < -0.39 is 5.97 Å². The lowest BCUT2D eigenvalue weighted by atomic mass is 10.3. The fourth-order valence-electron chi connectivity index (χ4n) is 0.693. The van der Waals surface area contributed by atoms with Crippen LogP contribution in [0.3, 0.4) is 0 Å². The summed E-state index contributed by atoms with van der Waals surface area (Å²) in [5.74, 6) is -0.992. The van der Waals surface area contributed by atoms with Gasteiger partial charge >= 0.3 is 5.97 Å². The lowest BCUT2D eigenvalue weighted by molar-refractivity contribution is 0.0698. The second kappa shape index (κ2) is 4.36. The number of hydrogen-bond donors (Lipinski definition) is 3. The number of carbonyl (C=O) groups is 1. The monoisotopic (exact) mass is 197 g/mol. The minimum Gasteiger partial charge on any atom is -0.478 e. The molecule has 0 atom stereocenters.